The maximum atomic E-state index is 12.6. The topological polar surface area (TPSA) is 90.2 Å². The second-order valence-electron chi connectivity index (χ2n) is 7.60. The Morgan fingerprint density at radius 3 is 2.50 bits per heavy atom. The van der Waals surface area contributed by atoms with Crippen molar-refractivity contribution in [2.24, 2.45) is 0 Å². The van der Waals surface area contributed by atoms with Gasteiger partial charge in [0.2, 0.25) is 5.76 Å². The number of nitrogens with zero attached hydrogens (tertiary/aromatic N) is 1. The van der Waals surface area contributed by atoms with Crippen molar-refractivity contribution < 1.29 is 28.2 Å². The van der Waals surface area contributed by atoms with E-state index in [0.29, 0.717) is 35.8 Å². The average molecular weight is 438 g/mol. The lowest BCUT2D eigenvalue weighted by Gasteiger charge is -2.28. The normalized spacial score (nSPS) is 14.8. The average Bonchev–Trinajstić information content (AvgIpc) is 3.16. The number of hydrogen-bond acceptors (Lipinski definition) is 7. The van der Waals surface area contributed by atoms with Gasteiger partial charge >= 0.3 is 5.97 Å². The van der Waals surface area contributed by atoms with Crippen LogP contribution in [0.15, 0.2) is 46.9 Å². The summed E-state index contributed by atoms with van der Waals surface area (Å²) in [5, 5.41) is 3.54. The van der Waals surface area contributed by atoms with Gasteiger partial charge in [-0.15, -0.1) is 0 Å². The van der Waals surface area contributed by atoms with Gasteiger partial charge in [-0.05, 0) is 56.3 Å². The summed E-state index contributed by atoms with van der Waals surface area (Å²) in [5.41, 5.74) is 2.88. The number of ether oxygens (including phenoxy) is 3. The van der Waals surface area contributed by atoms with E-state index in [9.17, 15) is 9.59 Å². The molecule has 0 bridgehead atoms. The van der Waals surface area contributed by atoms with Crippen molar-refractivity contribution in [3.8, 4) is 5.75 Å². The number of carbonyl (C=O) groups excluding carboxylic acids is 2. The Morgan fingerprint density at radius 2 is 1.81 bits per heavy atom. The molecule has 2 aromatic carbocycles. The number of hydrogen-bond donors (Lipinski definition) is 1. The number of esters is 1. The first-order valence-electron chi connectivity index (χ1n) is 10.5. The van der Waals surface area contributed by atoms with Crippen molar-refractivity contribution in [3.63, 3.8) is 0 Å². The van der Waals surface area contributed by atoms with Gasteiger partial charge in [0.15, 0.2) is 6.10 Å². The van der Waals surface area contributed by atoms with Gasteiger partial charge in [0.1, 0.15) is 11.3 Å². The van der Waals surface area contributed by atoms with Crippen molar-refractivity contribution in [2.45, 2.75) is 20.0 Å². The third-order valence-electron chi connectivity index (χ3n) is 5.49. The Morgan fingerprint density at radius 1 is 1.09 bits per heavy atom. The van der Waals surface area contributed by atoms with E-state index in [1.165, 1.54) is 6.92 Å². The second kappa shape index (κ2) is 9.32. The zero-order valence-corrected chi connectivity index (χ0v) is 18.3. The van der Waals surface area contributed by atoms with Crippen molar-refractivity contribution >= 4 is 34.2 Å². The third-order valence-corrected chi connectivity index (χ3v) is 5.49. The predicted molar refractivity (Wildman–Crippen MR) is 120 cm³/mol. The van der Waals surface area contributed by atoms with E-state index in [4.69, 9.17) is 18.6 Å². The van der Waals surface area contributed by atoms with Gasteiger partial charge in [-0.2, -0.15) is 0 Å². The highest BCUT2D eigenvalue weighted by molar-refractivity contribution is 5.99. The van der Waals surface area contributed by atoms with E-state index in [0.717, 1.165) is 24.2 Å². The van der Waals surface area contributed by atoms with E-state index in [1.807, 2.05) is 24.3 Å². The van der Waals surface area contributed by atoms with Crippen molar-refractivity contribution in [1.82, 2.24) is 0 Å². The molecule has 4 rings (SSSR count). The van der Waals surface area contributed by atoms with Crippen LogP contribution in [0.3, 0.4) is 0 Å². The molecule has 8 heteroatoms. The molecule has 0 unspecified atom stereocenters. The van der Waals surface area contributed by atoms with Gasteiger partial charge in [-0.25, -0.2) is 4.79 Å². The highest BCUT2D eigenvalue weighted by Crippen LogP contribution is 2.29. The monoisotopic (exact) mass is 438 g/mol. The highest BCUT2D eigenvalue weighted by Gasteiger charge is 2.24. The van der Waals surface area contributed by atoms with Crippen LogP contribution in [0.2, 0.25) is 0 Å². The van der Waals surface area contributed by atoms with Crippen LogP contribution < -0.4 is 15.0 Å². The number of rotatable bonds is 6. The maximum Gasteiger partial charge on any atom is 0.375 e. The van der Waals surface area contributed by atoms with E-state index in [2.05, 4.69) is 10.2 Å². The summed E-state index contributed by atoms with van der Waals surface area (Å²) in [6, 6.07) is 12.8. The van der Waals surface area contributed by atoms with E-state index in [1.54, 1.807) is 32.2 Å². The molecule has 0 saturated carbocycles. The molecule has 8 nitrogen and oxygen atoms in total. The SMILES string of the molecule is COc1ccc2oc(C(=O)O[C@H](C)C(=O)Nc3ccc(N4CCOCC4)cc3)c(C)c2c1. The maximum absolute atomic E-state index is 12.6. The minimum atomic E-state index is -0.997. The number of aryl methyl sites for hydroxylation is 1. The molecule has 1 aliphatic heterocycles. The Balaban J connectivity index is 1.38. The fourth-order valence-corrected chi connectivity index (χ4v) is 3.61. The molecule has 1 aliphatic rings. The van der Waals surface area contributed by atoms with Gasteiger partial charge in [-0.1, -0.05) is 0 Å². The molecule has 0 spiro atoms. The molecule has 168 valence electrons. The lowest BCUT2D eigenvalue weighted by atomic mass is 10.1. The van der Waals surface area contributed by atoms with Gasteiger partial charge < -0.3 is 28.8 Å². The van der Waals surface area contributed by atoms with Crippen LogP contribution in [-0.4, -0.2) is 51.4 Å². The number of anilines is 2. The van der Waals surface area contributed by atoms with E-state index >= 15 is 0 Å². The number of fused-ring (bicyclic) bond motifs is 1. The first-order valence-corrected chi connectivity index (χ1v) is 10.5. The van der Waals surface area contributed by atoms with Crippen LogP contribution in [0.5, 0.6) is 5.75 Å². The van der Waals surface area contributed by atoms with Crippen molar-refractivity contribution in [2.75, 3.05) is 43.6 Å². The highest BCUT2D eigenvalue weighted by atomic mass is 16.6. The fraction of sp³-hybridized carbons (Fsp3) is 0.333. The summed E-state index contributed by atoms with van der Waals surface area (Å²) in [5.74, 6) is -0.382. The molecule has 32 heavy (non-hydrogen) atoms. The number of benzene rings is 2. The van der Waals surface area contributed by atoms with Crippen molar-refractivity contribution in [1.29, 1.82) is 0 Å². The first kappa shape index (κ1) is 21.7. The Kier molecular flexibility index (Phi) is 6.32. The Bertz CT molecular complexity index is 1120. The molecule has 1 N–H and O–H groups in total. The number of morpholine rings is 1. The van der Waals surface area contributed by atoms with E-state index < -0.39 is 18.0 Å². The molecule has 0 aliphatic carbocycles. The first-order chi connectivity index (χ1) is 15.5. The number of furan rings is 1. The smallest absolute Gasteiger partial charge is 0.375 e. The zero-order valence-electron chi connectivity index (χ0n) is 18.3. The van der Waals surface area contributed by atoms with Crippen LogP contribution in [0.25, 0.3) is 11.0 Å². The van der Waals surface area contributed by atoms with Crippen LogP contribution in [0, 0.1) is 6.92 Å². The second-order valence-corrected chi connectivity index (χ2v) is 7.60. The molecular formula is C24H26N2O6. The zero-order chi connectivity index (χ0) is 22.7. The Hall–Kier alpha value is -3.52. The van der Waals surface area contributed by atoms with E-state index in [-0.39, 0.29) is 5.76 Å². The Labute approximate surface area is 186 Å². The van der Waals surface area contributed by atoms with Gasteiger partial charge in [0.05, 0.1) is 20.3 Å². The summed E-state index contributed by atoms with van der Waals surface area (Å²) in [4.78, 5) is 27.4. The summed E-state index contributed by atoms with van der Waals surface area (Å²) >= 11 is 0. The molecule has 1 amide bonds. The minimum Gasteiger partial charge on any atom is -0.497 e. The molecule has 1 saturated heterocycles. The lowest BCUT2D eigenvalue weighted by molar-refractivity contribution is -0.123. The van der Waals surface area contributed by atoms with Crippen molar-refractivity contribution in [3.05, 3.63) is 53.8 Å². The molecule has 0 radical (unpaired) electrons. The van der Waals surface area contributed by atoms with Crippen LogP contribution in [0.4, 0.5) is 11.4 Å². The third kappa shape index (κ3) is 4.55. The van der Waals surface area contributed by atoms with Crippen LogP contribution in [0.1, 0.15) is 23.0 Å². The minimum absolute atomic E-state index is 0.0720. The van der Waals surface area contributed by atoms with Gasteiger partial charge in [-0.3, -0.25) is 4.79 Å². The molecule has 1 aromatic heterocycles. The summed E-state index contributed by atoms with van der Waals surface area (Å²) in [7, 11) is 1.57. The largest absolute Gasteiger partial charge is 0.497 e. The molecule has 1 fully saturated rings. The standard InChI is InChI=1S/C24H26N2O6/c1-15-20-14-19(29-3)8-9-21(20)32-22(15)24(28)31-16(2)23(27)25-17-4-6-18(7-5-17)26-10-12-30-13-11-26/h4-9,14,16H,10-13H2,1-3H3,(H,25,27)/t16-/m1/s1. The van der Waals surface area contributed by atoms with Crippen LogP contribution in [-0.2, 0) is 14.3 Å². The number of carbonyl (C=O) groups is 2. The molecule has 2 heterocycles. The molecule has 3 aromatic rings. The summed E-state index contributed by atoms with van der Waals surface area (Å²) in [6.07, 6.45) is -0.997. The molecular weight excluding hydrogens is 412 g/mol. The summed E-state index contributed by atoms with van der Waals surface area (Å²) < 4.78 is 21.6. The fourth-order valence-electron chi connectivity index (χ4n) is 3.61. The number of amides is 1. The van der Waals surface area contributed by atoms with Crippen LogP contribution >= 0.6 is 0 Å². The number of methoxy groups -OCH3 is 1. The van der Waals surface area contributed by atoms with Gasteiger partial charge in [0, 0.05) is 35.4 Å². The quantitative estimate of drug-likeness (QED) is 0.586. The molecule has 1 atom stereocenters. The number of nitrogens with one attached hydrogen (secondary N) is 1. The summed E-state index contributed by atoms with van der Waals surface area (Å²) in [6.45, 7) is 6.39. The van der Waals surface area contributed by atoms with Gasteiger partial charge in [0.25, 0.3) is 5.91 Å². The predicted octanol–water partition coefficient (Wildman–Crippen LogP) is 3.77. The lowest BCUT2D eigenvalue weighted by Crippen LogP contribution is -2.36.